The summed E-state index contributed by atoms with van der Waals surface area (Å²) in [5.74, 6) is 0.602. The summed E-state index contributed by atoms with van der Waals surface area (Å²) in [6.07, 6.45) is 2.25. The van der Waals surface area contributed by atoms with Crippen LogP contribution in [0.5, 0.6) is 0 Å². The predicted molar refractivity (Wildman–Crippen MR) is 99.5 cm³/mol. The van der Waals surface area contributed by atoms with E-state index in [1.807, 2.05) is 41.4 Å². The molecule has 7 nitrogen and oxygen atoms in total. The molecule has 0 bridgehead atoms. The number of hydrogen-bond acceptors (Lipinski definition) is 4. The first-order chi connectivity index (χ1) is 12.8. The SMILES string of the molecule is O=C(NN1CCCC1)c1ccc2nc(-c3n[nH]c4ccccc34)[nH]c2c1. The molecule has 1 saturated heterocycles. The molecule has 3 N–H and O–H groups in total. The Balaban J connectivity index is 1.49. The monoisotopic (exact) mass is 346 g/mol. The number of benzene rings is 2. The number of fused-ring (bicyclic) bond motifs is 2. The first kappa shape index (κ1) is 15.1. The number of carbonyl (C=O) groups excluding carboxylic acids is 1. The van der Waals surface area contributed by atoms with Gasteiger partial charge in [0.1, 0.15) is 5.69 Å². The second-order valence-corrected chi connectivity index (χ2v) is 6.57. The van der Waals surface area contributed by atoms with Gasteiger partial charge in [-0.1, -0.05) is 18.2 Å². The molecule has 26 heavy (non-hydrogen) atoms. The van der Waals surface area contributed by atoms with Gasteiger partial charge in [-0.05, 0) is 37.1 Å². The van der Waals surface area contributed by atoms with Crippen molar-refractivity contribution in [2.75, 3.05) is 13.1 Å². The van der Waals surface area contributed by atoms with E-state index < -0.39 is 0 Å². The van der Waals surface area contributed by atoms with Gasteiger partial charge < -0.3 is 4.98 Å². The summed E-state index contributed by atoms with van der Waals surface area (Å²) in [6.45, 7) is 1.82. The average Bonchev–Trinajstić information content (AvgIpc) is 3.39. The number of aromatic amines is 2. The topological polar surface area (TPSA) is 89.7 Å². The Kier molecular flexibility index (Phi) is 3.46. The number of nitrogens with one attached hydrogen (secondary N) is 3. The minimum atomic E-state index is -0.0878. The number of nitrogens with zero attached hydrogens (tertiary/aromatic N) is 3. The molecule has 1 amide bonds. The van der Waals surface area contributed by atoms with E-state index in [0.29, 0.717) is 11.4 Å². The first-order valence-electron chi connectivity index (χ1n) is 8.77. The van der Waals surface area contributed by atoms with Crippen LogP contribution in [0.3, 0.4) is 0 Å². The van der Waals surface area contributed by atoms with Crippen LogP contribution in [0, 0.1) is 0 Å². The van der Waals surface area contributed by atoms with Crippen molar-refractivity contribution in [1.29, 1.82) is 0 Å². The molecule has 5 rings (SSSR count). The highest BCUT2D eigenvalue weighted by molar-refractivity contribution is 5.98. The predicted octanol–water partition coefficient (Wildman–Crippen LogP) is 2.85. The lowest BCUT2D eigenvalue weighted by molar-refractivity contribution is 0.0826. The first-order valence-corrected chi connectivity index (χ1v) is 8.77. The number of H-pyrrole nitrogens is 2. The maximum Gasteiger partial charge on any atom is 0.265 e. The van der Waals surface area contributed by atoms with Crippen molar-refractivity contribution in [2.45, 2.75) is 12.8 Å². The Labute approximate surface area is 149 Å². The van der Waals surface area contributed by atoms with Gasteiger partial charge in [0.25, 0.3) is 5.91 Å². The Morgan fingerprint density at radius 2 is 1.92 bits per heavy atom. The summed E-state index contributed by atoms with van der Waals surface area (Å²) in [6, 6.07) is 13.4. The molecule has 0 aliphatic carbocycles. The molecule has 4 aromatic rings. The second kappa shape index (κ2) is 5.96. The maximum atomic E-state index is 12.5. The van der Waals surface area contributed by atoms with Gasteiger partial charge in [0.05, 0.1) is 16.6 Å². The van der Waals surface area contributed by atoms with Crippen LogP contribution in [-0.4, -0.2) is 44.2 Å². The van der Waals surface area contributed by atoms with Crippen molar-refractivity contribution in [3.63, 3.8) is 0 Å². The van der Waals surface area contributed by atoms with Crippen molar-refractivity contribution < 1.29 is 4.79 Å². The van der Waals surface area contributed by atoms with Crippen LogP contribution >= 0.6 is 0 Å². The van der Waals surface area contributed by atoms with E-state index in [-0.39, 0.29) is 5.91 Å². The van der Waals surface area contributed by atoms with Crippen molar-refractivity contribution in [2.24, 2.45) is 0 Å². The molecule has 2 aromatic carbocycles. The Bertz CT molecular complexity index is 1110. The lowest BCUT2D eigenvalue weighted by atomic mass is 10.2. The number of amides is 1. The third-order valence-electron chi connectivity index (χ3n) is 4.80. The molecule has 130 valence electrons. The minimum Gasteiger partial charge on any atom is -0.337 e. The molecular weight excluding hydrogens is 328 g/mol. The number of para-hydroxylation sites is 1. The zero-order chi connectivity index (χ0) is 17.5. The molecule has 2 aromatic heterocycles. The van der Waals surface area contributed by atoms with Gasteiger partial charge in [0.2, 0.25) is 0 Å². The van der Waals surface area contributed by atoms with Gasteiger partial charge in [-0.25, -0.2) is 9.99 Å². The molecule has 0 radical (unpaired) electrons. The normalized spacial score (nSPS) is 15.1. The summed E-state index contributed by atoms with van der Waals surface area (Å²) >= 11 is 0. The Morgan fingerprint density at radius 3 is 2.81 bits per heavy atom. The number of imidazole rings is 1. The second-order valence-electron chi connectivity index (χ2n) is 6.57. The van der Waals surface area contributed by atoms with Gasteiger partial charge in [0.15, 0.2) is 5.82 Å². The highest BCUT2D eigenvalue weighted by Gasteiger charge is 2.17. The molecule has 0 spiro atoms. The van der Waals surface area contributed by atoms with E-state index in [1.54, 1.807) is 6.07 Å². The van der Waals surface area contributed by atoms with Crippen molar-refractivity contribution in [3.8, 4) is 11.5 Å². The van der Waals surface area contributed by atoms with Gasteiger partial charge in [-0.3, -0.25) is 15.3 Å². The van der Waals surface area contributed by atoms with E-state index >= 15 is 0 Å². The van der Waals surface area contributed by atoms with E-state index in [1.165, 1.54) is 0 Å². The Morgan fingerprint density at radius 1 is 1.08 bits per heavy atom. The number of aromatic nitrogens is 4. The van der Waals surface area contributed by atoms with E-state index in [9.17, 15) is 4.79 Å². The fourth-order valence-corrected chi connectivity index (χ4v) is 3.44. The molecule has 7 heteroatoms. The summed E-state index contributed by atoms with van der Waals surface area (Å²) < 4.78 is 0. The quantitative estimate of drug-likeness (QED) is 0.532. The molecule has 0 unspecified atom stereocenters. The number of rotatable bonds is 3. The van der Waals surface area contributed by atoms with Crippen LogP contribution in [-0.2, 0) is 0 Å². The zero-order valence-electron chi connectivity index (χ0n) is 14.1. The largest absolute Gasteiger partial charge is 0.337 e. The summed E-state index contributed by atoms with van der Waals surface area (Å²) in [5.41, 5.74) is 6.95. The lowest BCUT2D eigenvalue weighted by Gasteiger charge is -2.15. The highest BCUT2D eigenvalue weighted by Crippen LogP contribution is 2.26. The van der Waals surface area contributed by atoms with Crippen molar-refractivity contribution in [3.05, 3.63) is 48.0 Å². The van der Waals surface area contributed by atoms with Gasteiger partial charge in [0, 0.05) is 24.0 Å². The van der Waals surface area contributed by atoms with Crippen molar-refractivity contribution in [1.82, 2.24) is 30.6 Å². The third-order valence-corrected chi connectivity index (χ3v) is 4.80. The molecular formula is C19H18N6O. The summed E-state index contributed by atoms with van der Waals surface area (Å²) in [4.78, 5) is 20.4. The molecule has 3 heterocycles. The van der Waals surface area contributed by atoms with E-state index in [4.69, 9.17) is 0 Å². The molecule has 0 saturated carbocycles. The Hall–Kier alpha value is -3.19. The molecule has 1 fully saturated rings. The van der Waals surface area contributed by atoms with Gasteiger partial charge >= 0.3 is 0 Å². The number of carbonyl (C=O) groups is 1. The fourth-order valence-electron chi connectivity index (χ4n) is 3.44. The van der Waals surface area contributed by atoms with Crippen molar-refractivity contribution >= 4 is 27.8 Å². The van der Waals surface area contributed by atoms with Crippen LogP contribution in [0.1, 0.15) is 23.2 Å². The van der Waals surface area contributed by atoms with Crippen LogP contribution in [0.2, 0.25) is 0 Å². The minimum absolute atomic E-state index is 0.0878. The molecule has 1 aliphatic heterocycles. The molecule has 1 aliphatic rings. The lowest BCUT2D eigenvalue weighted by Crippen LogP contribution is -2.39. The number of hydrogen-bond donors (Lipinski definition) is 3. The van der Waals surface area contributed by atoms with Crippen LogP contribution in [0.25, 0.3) is 33.5 Å². The van der Waals surface area contributed by atoms with Gasteiger partial charge in [-0.2, -0.15) is 5.10 Å². The maximum absolute atomic E-state index is 12.5. The third kappa shape index (κ3) is 2.53. The van der Waals surface area contributed by atoms with E-state index in [0.717, 1.165) is 53.6 Å². The van der Waals surface area contributed by atoms with Crippen LogP contribution in [0.15, 0.2) is 42.5 Å². The summed E-state index contributed by atoms with van der Waals surface area (Å²) in [5, 5.41) is 10.4. The van der Waals surface area contributed by atoms with Crippen LogP contribution in [0.4, 0.5) is 0 Å². The highest BCUT2D eigenvalue weighted by atomic mass is 16.2. The van der Waals surface area contributed by atoms with Crippen LogP contribution < -0.4 is 5.43 Å². The number of hydrazine groups is 1. The zero-order valence-corrected chi connectivity index (χ0v) is 14.1. The standard InChI is InChI=1S/C19H18N6O/c26-19(24-25-9-3-4-10-25)12-7-8-15-16(11-12)21-18(20-15)17-13-5-1-2-6-14(13)22-23-17/h1-2,5-8,11H,3-4,9-10H2,(H,20,21)(H,22,23)(H,24,26). The molecule has 0 atom stereocenters. The van der Waals surface area contributed by atoms with E-state index in [2.05, 4.69) is 25.6 Å². The average molecular weight is 346 g/mol. The smallest absolute Gasteiger partial charge is 0.265 e. The van der Waals surface area contributed by atoms with Gasteiger partial charge in [-0.15, -0.1) is 0 Å². The summed E-state index contributed by atoms with van der Waals surface area (Å²) in [7, 11) is 0. The fraction of sp³-hybridized carbons (Fsp3) is 0.211.